The Balaban J connectivity index is 1.41. The van der Waals surface area contributed by atoms with Crippen LogP contribution in [-0.4, -0.2) is 55.3 Å². The summed E-state index contributed by atoms with van der Waals surface area (Å²) in [7, 11) is 0. The summed E-state index contributed by atoms with van der Waals surface area (Å²) in [6, 6.07) is 12.9. The zero-order valence-corrected chi connectivity index (χ0v) is 22.4. The van der Waals surface area contributed by atoms with Gasteiger partial charge in [-0.1, -0.05) is 53.5 Å². The van der Waals surface area contributed by atoms with Gasteiger partial charge in [-0.15, -0.1) is 0 Å². The number of carbonyl (C=O) groups excluding carboxylic acids is 1. The van der Waals surface area contributed by atoms with Crippen LogP contribution < -0.4 is 15.0 Å². The Labute approximate surface area is 234 Å². The monoisotopic (exact) mass is 566 g/mol. The zero-order valence-electron chi connectivity index (χ0n) is 20.9. The van der Waals surface area contributed by atoms with Gasteiger partial charge in [-0.2, -0.15) is 0 Å². The van der Waals surface area contributed by atoms with E-state index < -0.39 is 5.82 Å². The molecule has 1 saturated heterocycles. The highest BCUT2D eigenvalue weighted by Gasteiger charge is 2.28. The van der Waals surface area contributed by atoms with Gasteiger partial charge in [0, 0.05) is 42.9 Å². The Kier molecular flexibility index (Phi) is 7.25. The smallest absolute Gasteiger partial charge is 0.255 e. The van der Waals surface area contributed by atoms with Crippen molar-refractivity contribution in [3.63, 3.8) is 0 Å². The van der Waals surface area contributed by atoms with Crippen molar-refractivity contribution in [2.75, 3.05) is 44.4 Å². The summed E-state index contributed by atoms with van der Waals surface area (Å²) in [6.07, 6.45) is 3.43. The molecule has 1 fully saturated rings. The molecule has 2 aromatic carbocycles. The maximum Gasteiger partial charge on any atom is 0.255 e. The van der Waals surface area contributed by atoms with Gasteiger partial charge in [-0.05, 0) is 24.1 Å². The molecule has 4 aromatic rings. The lowest BCUT2D eigenvalue weighted by Gasteiger charge is -2.31. The van der Waals surface area contributed by atoms with Crippen LogP contribution in [0.5, 0.6) is 5.75 Å². The average molecular weight is 567 g/mol. The van der Waals surface area contributed by atoms with Gasteiger partial charge in [0.15, 0.2) is 5.82 Å². The quantitative estimate of drug-likeness (QED) is 0.325. The number of aromatic nitrogens is 2. The number of benzene rings is 2. The average Bonchev–Trinajstić information content (AvgIpc) is 2.97. The summed E-state index contributed by atoms with van der Waals surface area (Å²) in [5.74, 6) is 0.122. The van der Waals surface area contributed by atoms with Crippen LogP contribution in [0, 0.1) is 5.82 Å². The SMILES string of the molecule is O=C(NCC1CCOc2ccccc21)c1cnc2c(-c3cccc(Cl)c3Cl)c(F)cnc2c1N1CCOCC1. The molecule has 200 valence electrons. The van der Waals surface area contributed by atoms with Crippen LogP contribution in [-0.2, 0) is 4.74 Å². The van der Waals surface area contributed by atoms with Gasteiger partial charge in [0.2, 0.25) is 0 Å². The summed E-state index contributed by atoms with van der Waals surface area (Å²) in [4.78, 5) is 24.7. The summed E-state index contributed by atoms with van der Waals surface area (Å²) >= 11 is 12.7. The van der Waals surface area contributed by atoms with Crippen molar-refractivity contribution in [1.82, 2.24) is 15.3 Å². The lowest BCUT2D eigenvalue weighted by Crippen LogP contribution is -2.38. The number of pyridine rings is 2. The third-order valence-corrected chi connectivity index (χ3v) is 8.01. The van der Waals surface area contributed by atoms with Crippen LogP contribution >= 0.6 is 23.2 Å². The zero-order chi connectivity index (χ0) is 26.9. The number of nitrogens with one attached hydrogen (secondary N) is 1. The van der Waals surface area contributed by atoms with Crippen LogP contribution in [0.4, 0.5) is 10.1 Å². The lowest BCUT2D eigenvalue weighted by molar-refractivity contribution is 0.0946. The van der Waals surface area contributed by atoms with E-state index in [-0.39, 0.29) is 22.4 Å². The second kappa shape index (κ2) is 11.0. The first kappa shape index (κ1) is 25.8. The summed E-state index contributed by atoms with van der Waals surface area (Å²) < 4.78 is 26.6. The molecule has 0 bridgehead atoms. The Morgan fingerprint density at radius 3 is 2.67 bits per heavy atom. The van der Waals surface area contributed by atoms with Gasteiger partial charge in [0.1, 0.15) is 16.8 Å². The first-order chi connectivity index (χ1) is 19.0. The number of nitrogens with zero attached hydrogens (tertiary/aromatic N) is 3. The van der Waals surface area contributed by atoms with E-state index in [9.17, 15) is 4.79 Å². The predicted octanol–water partition coefficient (Wildman–Crippen LogP) is 5.88. The number of amides is 1. The van der Waals surface area contributed by atoms with Gasteiger partial charge in [-0.3, -0.25) is 9.78 Å². The number of morpholine rings is 1. The van der Waals surface area contributed by atoms with E-state index in [0.29, 0.717) is 72.3 Å². The highest BCUT2D eigenvalue weighted by Crippen LogP contribution is 2.40. The third kappa shape index (κ3) is 4.88. The molecular weight excluding hydrogens is 542 g/mol. The first-order valence-corrected chi connectivity index (χ1v) is 13.5. The minimum atomic E-state index is -0.581. The van der Waals surface area contributed by atoms with Gasteiger partial charge in [0.25, 0.3) is 5.91 Å². The molecule has 2 aromatic heterocycles. The molecule has 7 nitrogen and oxygen atoms in total. The Bertz CT molecular complexity index is 1560. The van der Waals surface area contributed by atoms with Crippen molar-refractivity contribution in [2.45, 2.75) is 12.3 Å². The molecular formula is C29H25Cl2FN4O3. The van der Waals surface area contributed by atoms with Crippen molar-refractivity contribution < 1.29 is 18.7 Å². The maximum absolute atomic E-state index is 15.3. The molecule has 2 aliphatic heterocycles. The largest absolute Gasteiger partial charge is 0.493 e. The molecule has 1 atom stereocenters. The second-order valence-corrected chi connectivity index (χ2v) is 10.3. The van der Waals surface area contributed by atoms with Crippen LogP contribution in [0.1, 0.15) is 28.3 Å². The molecule has 2 aliphatic rings. The van der Waals surface area contributed by atoms with Gasteiger partial charge in [0.05, 0.1) is 47.3 Å². The molecule has 1 amide bonds. The molecule has 0 aliphatic carbocycles. The normalized spacial score (nSPS) is 17.0. The number of carbonyl (C=O) groups is 1. The molecule has 0 radical (unpaired) electrons. The predicted molar refractivity (Wildman–Crippen MR) is 150 cm³/mol. The standard InChI is InChI=1S/C29H25Cl2FN4O3/c30-21-6-3-5-19(25(21)31)24-22(32)16-34-27-26(24)33-15-20(28(27)36-9-12-38-13-10-36)29(37)35-14-17-8-11-39-23-7-2-1-4-18(17)23/h1-7,15-17H,8-14H2,(H,35,37). The van der Waals surface area contributed by atoms with Crippen molar-refractivity contribution in [3.05, 3.63) is 81.8 Å². The topological polar surface area (TPSA) is 76.6 Å². The van der Waals surface area contributed by atoms with Crippen molar-refractivity contribution >= 4 is 45.8 Å². The molecule has 4 heterocycles. The number of anilines is 1. The van der Waals surface area contributed by atoms with E-state index in [1.807, 2.05) is 29.2 Å². The molecule has 1 unspecified atom stereocenters. The number of hydrogen-bond donors (Lipinski definition) is 1. The Morgan fingerprint density at radius 1 is 1.03 bits per heavy atom. The highest BCUT2D eigenvalue weighted by atomic mass is 35.5. The van der Waals surface area contributed by atoms with Gasteiger partial charge < -0.3 is 19.7 Å². The fraction of sp³-hybridized carbons (Fsp3) is 0.276. The van der Waals surface area contributed by atoms with Gasteiger partial charge >= 0.3 is 0 Å². The Morgan fingerprint density at radius 2 is 1.82 bits per heavy atom. The lowest BCUT2D eigenvalue weighted by atomic mass is 9.93. The van der Waals surface area contributed by atoms with E-state index in [0.717, 1.165) is 23.9 Å². The van der Waals surface area contributed by atoms with E-state index in [4.69, 9.17) is 32.7 Å². The number of rotatable bonds is 5. The van der Waals surface area contributed by atoms with Gasteiger partial charge in [-0.25, -0.2) is 9.37 Å². The fourth-order valence-electron chi connectivity index (χ4n) is 5.26. The van der Waals surface area contributed by atoms with Crippen LogP contribution in [0.15, 0.2) is 54.9 Å². The minimum Gasteiger partial charge on any atom is -0.493 e. The van der Waals surface area contributed by atoms with E-state index >= 15 is 4.39 Å². The molecule has 6 rings (SSSR count). The number of ether oxygens (including phenoxy) is 2. The second-order valence-electron chi connectivity index (χ2n) is 9.48. The van der Waals surface area contributed by atoms with Crippen LogP contribution in [0.25, 0.3) is 22.2 Å². The number of fused-ring (bicyclic) bond motifs is 2. The molecule has 0 saturated carbocycles. The van der Waals surface area contributed by atoms with Crippen LogP contribution in [0.3, 0.4) is 0 Å². The maximum atomic E-state index is 15.3. The van der Waals surface area contributed by atoms with E-state index in [1.54, 1.807) is 18.2 Å². The van der Waals surface area contributed by atoms with Crippen molar-refractivity contribution in [2.24, 2.45) is 0 Å². The molecule has 1 N–H and O–H groups in total. The number of hydrogen-bond acceptors (Lipinski definition) is 6. The molecule has 0 spiro atoms. The third-order valence-electron chi connectivity index (χ3n) is 7.19. The molecule has 39 heavy (non-hydrogen) atoms. The Hall–Kier alpha value is -3.46. The fourth-order valence-corrected chi connectivity index (χ4v) is 5.66. The summed E-state index contributed by atoms with van der Waals surface area (Å²) in [5.41, 5.74) is 3.34. The van der Waals surface area contributed by atoms with Crippen LogP contribution in [0.2, 0.25) is 10.0 Å². The van der Waals surface area contributed by atoms with E-state index in [1.165, 1.54) is 6.20 Å². The number of para-hydroxylation sites is 1. The first-order valence-electron chi connectivity index (χ1n) is 12.8. The summed E-state index contributed by atoms with van der Waals surface area (Å²) in [6.45, 7) is 3.15. The van der Waals surface area contributed by atoms with E-state index in [2.05, 4.69) is 15.3 Å². The number of halogens is 3. The highest BCUT2D eigenvalue weighted by molar-refractivity contribution is 6.44. The van der Waals surface area contributed by atoms with Crippen molar-refractivity contribution in [1.29, 1.82) is 0 Å². The minimum absolute atomic E-state index is 0.128. The van der Waals surface area contributed by atoms with Crippen molar-refractivity contribution in [3.8, 4) is 16.9 Å². The summed E-state index contributed by atoms with van der Waals surface area (Å²) in [5, 5.41) is 3.62. The molecule has 10 heteroatoms.